The number of nitrogens with zero attached hydrogens (tertiary/aromatic N) is 1. The Morgan fingerprint density at radius 2 is 2.12 bits per heavy atom. The fraction of sp³-hybridized carbons (Fsp3) is 0.0714. The first kappa shape index (κ1) is 11.2. The molecule has 3 heteroatoms. The zero-order valence-electron chi connectivity index (χ0n) is 9.20. The number of halogens is 1. The molecule has 0 N–H and O–H groups in total. The zero-order chi connectivity index (χ0) is 12.3. The van der Waals surface area contributed by atoms with Gasteiger partial charge in [-0.1, -0.05) is 12.1 Å². The molecule has 0 saturated carbocycles. The molecule has 83 valence electrons. The number of nitriles is 1. The Hall–Kier alpha value is -2.34. The van der Waals surface area contributed by atoms with Crippen LogP contribution in [0.25, 0.3) is 11.1 Å². The molecular formula is C14H9FNO. The Labute approximate surface area is 98.9 Å². The summed E-state index contributed by atoms with van der Waals surface area (Å²) in [5, 5.41) is 8.79. The van der Waals surface area contributed by atoms with Crippen molar-refractivity contribution in [2.24, 2.45) is 0 Å². The normalized spacial score (nSPS) is 9.71. The molecule has 0 aliphatic carbocycles. The van der Waals surface area contributed by atoms with Crippen molar-refractivity contribution in [1.82, 2.24) is 0 Å². The second kappa shape index (κ2) is 4.67. The van der Waals surface area contributed by atoms with Crippen LogP contribution in [0.3, 0.4) is 0 Å². The predicted octanol–water partition coefficient (Wildman–Crippen LogP) is 3.17. The first-order chi connectivity index (χ1) is 8.24. The fourth-order valence-electron chi connectivity index (χ4n) is 1.54. The highest BCUT2D eigenvalue weighted by atomic mass is 19.1. The van der Waals surface area contributed by atoms with Gasteiger partial charge in [-0.2, -0.15) is 5.26 Å². The highest BCUT2D eigenvalue weighted by Crippen LogP contribution is 2.25. The first-order valence-electron chi connectivity index (χ1n) is 5.00. The van der Waals surface area contributed by atoms with E-state index in [-0.39, 0.29) is 5.75 Å². The summed E-state index contributed by atoms with van der Waals surface area (Å²) in [5.41, 5.74) is 1.88. The molecule has 2 aromatic rings. The summed E-state index contributed by atoms with van der Waals surface area (Å²) in [7, 11) is 1.42. The number of ether oxygens (including phenoxy) is 1. The van der Waals surface area contributed by atoms with E-state index in [1.165, 1.54) is 13.2 Å². The molecule has 0 aliphatic rings. The van der Waals surface area contributed by atoms with Gasteiger partial charge >= 0.3 is 0 Å². The third-order valence-corrected chi connectivity index (χ3v) is 2.39. The lowest BCUT2D eigenvalue weighted by atomic mass is 10.0. The Kier molecular flexibility index (Phi) is 3.06. The van der Waals surface area contributed by atoms with Crippen molar-refractivity contribution < 1.29 is 9.13 Å². The minimum atomic E-state index is -0.430. The van der Waals surface area contributed by atoms with Crippen LogP contribution < -0.4 is 4.74 Å². The van der Waals surface area contributed by atoms with Gasteiger partial charge in [0, 0.05) is 0 Å². The Morgan fingerprint density at radius 1 is 1.29 bits per heavy atom. The summed E-state index contributed by atoms with van der Waals surface area (Å²) in [5.74, 6) is -0.231. The molecule has 0 heterocycles. The zero-order valence-corrected chi connectivity index (χ0v) is 9.20. The minimum absolute atomic E-state index is 0.199. The fourth-order valence-corrected chi connectivity index (χ4v) is 1.54. The maximum Gasteiger partial charge on any atom is 0.165 e. The van der Waals surface area contributed by atoms with Gasteiger partial charge in [0.15, 0.2) is 11.6 Å². The Balaban J connectivity index is 2.46. The highest BCUT2D eigenvalue weighted by molar-refractivity contribution is 5.65. The van der Waals surface area contributed by atoms with Crippen LogP contribution in [0.2, 0.25) is 0 Å². The number of benzene rings is 2. The molecule has 2 aromatic carbocycles. The molecule has 17 heavy (non-hydrogen) atoms. The average molecular weight is 226 g/mol. The smallest absolute Gasteiger partial charge is 0.165 e. The minimum Gasteiger partial charge on any atom is -0.494 e. The summed E-state index contributed by atoms with van der Waals surface area (Å²) in [4.78, 5) is 0. The Morgan fingerprint density at radius 3 is 2.76 bits per heavy atom. The van der Waals surface area contributed by atoms with Crippen LogP contribution in [0.5, 0.6) is 5.75 Å². The summed E-state index contributed by atoms with van der Waals surface area (Å²) in [6.45, 7) is 0. The van der Waals surface area contributed by atoms with Crippen molar-refractivity contribution >= 4 is 0 Å². The van der Waals surface area contributed by atoms with Gasteiger partial charge in [0.2, 0.25) is 0 Å². The van der Waals surface area contributed by atoms with E-state index < -0.39 is 5.82 Å². The average Bonchev–Trinajstić information content (AvgIpc) is 2.38. The van der Waals surface area contributed by atoms with E-state index in [1.807, 2.05) is 6.07 Å². The van der Waals surface area contributed by atoms with Crippen molar-refractivity contribution in [3.63, 3.8) is 0 Å². The van der Waals surface area contributed by atoms with Crippen LogP contribution in [-0.4, -0.2) is 7.11 Å². The van der Waals surface area contributed by atoms with Gasteiger partial charge < -0.3 is 4.74 Å². The van der Waals surface area contributed by atoms with Crippen molar-refractivity contribution in [2.45, 2.75) is 0 Å². The van der Waals surface area contributed by atoms with Crippen molar-refractivity contribution in [3.05, 3.63) is 53.8 Å². The first-order valence-corrected chi connectivity index (χ1v) is 5.00. The van der Waals surface area contributed by atoms with Gasteiger partial charge in [-0.3, -0.25) is 0 Å². The molecular weight excluding hydrogens is 217 g/mol. The second-order valence-corrected chi connectivity index (χ2v) is 3.45. The molecule has 0 fully saturated rings. The van der Waals surface area contributed by atoms with E-state index in [1.54, 1.807) is 30.3 Å². The van der Waals surface area contributed by atoms with Gasteiger partial charge in [0.25, 0.3) is 0 Å². The van der Waals surface area contributed by atoms with Gasteiger partial charge in [0.05, 0.1) is 18.7 Å². The van der Waals surface area contributed by atoms with Crippen LogP contribution in [0.1, 0.15) is 5.56 Å². The van der Waals surface area contributed by atoms with E-state index in [2.05, 4.69) is 6.07 Å². The maximum atomic E-state index is 13.5. The molecule has 0 amide bonds. The number of hydrogen-bond acceptors (Lipinski definition) is 2. The SMILES string of the molecule is COc1ccc(-c2[c]ccc(C#N)c2)cc1F. The molecule has 2 rings (SSSR count). The van der Waals surface area contributed by atoms with Gasteiger partial charge in [-0.25, -0.2) is 4.39 Å². The topological polar surface area (TPSA) is 33.0 Å². The van der Waals surface area contributed by atoms with Crippen LogP contribution in [0.15, 0.2) is 36.4 Å². The highest BCUT2D eigenvalue weighted by Gasteiger charge is 2.05. The van der Waals surface area contributed by atoms with Crippen LogP contribution in [0.4, 0.5) is 4.39 Å². The van der Waals surface area contributed by atoms with Gasteiger partial charge in [-0.15, -0.1) is 0 Å². The van der Waals surface area contributed by atoms with Crippen molar-refractivity contribution in [3.8, 4) is 22.9 Å². The standard InChI is InChI=1S/C14H9FNO/c1-17-14-6-5-12(8-13(14)15)11-4-2-3-10(7-11)9-16/h2-3,5-8H,1H3. The van der Waals surface area contributed by atoms with Crippen molar-refractivity contribution in [2.75, 3.05) is 7.11 Å². The number of methoxy groups -OCH3 is 1. The lowest BCUT2D eigenvalue weighted by Crippen LogP contribution is -1.89. The molecule has 0 aromatic heterocycles. The largest absolute Gasteiger partial charge is 0.494 e. The predicted molar refractivity (Wildman–Crippen MR) is 61.9 cm³/mol. The lowest BCUT2D eigenvalue weighted by molar-refractivity contribution is 0.386. The summed E-state index contributed by atoms with van der Waals surface area (Å²) in [6, 6.07) is 14.6. The third kappa shape index (κ3) is 2.26. The van der Waals surface area contributed by atoms with Crippen LogP contribution >= 0.6 is 0 Å². The quantitative estimate of drug-likeness (QED) is 0.787. The molecule has 0 bridgehead atoms. The molecule has 0 aliphatic heterocycles. The van der Waals surface area contributed by atoms with Gasteiger partial charge in [-0.05, 0) is 41.5 Å². The van der Waals surface area contributed by atoms with Gasteiger partial charge in [0.1, 0.15) is 0 Å². The van der Waals surface area contributed by atoms with Crippen LogP contribution in [-0.2, 0) is 0 Å². The molecule has 0 atom stereocenters. The van der Waals surface area contributed by atoms with Crippen LogP contribution in [0, 0.1) is 23.2 Å². The maximum absolute atomic E-state index is 13.5. The lowest BCUT2D eigenvalue weighted by Gasteiger charge is -2.05. The van der Waals surface area contributed by atoms with E-state index in [9.17, 15) is 4.39 Å². The number of rotatable bonds is 2. The molecule has 0 saturated heterocycles. The summed E-state index contributed by atoms with van der Waals surface area (Å²) in [6.07, 6.45) is 0. The number of hydrogen-bond donors (Lipinski definition) is 0. The molecule has 1 radical (unpaired) electrons. The molecule has 2 nitrogen and oxygen atoms in total. The van der Waals surface area contributed by atoms with E-state index in [0.29, 0.717) is 16.7 Å². The Bertz CT molecular complexity index is 587. The molecule has 0 spiro atoms. The second-order valence-electron chi connectivity index (χ2n) is 3.45. The monoisotopic (exact) mass is 226 g/mol. The third-order valence-electron chi connectivity index (χ3n) is 2.39. The van der Waals surface area contributed by atoms with E-state index in [0.717, 1.165) is 0 Å². The van der Waals surface area contributed by atoms with E-state index in [4.69, 9.17) is 10.00 Å². The van der Waals surface area contributed by atoms with Crippen molar-refractivity contribution in [1.29, 1.82) is 5.26 Å². The summed E-state index contributed by atoms with van der Waals surface area (Å²) >= 11 is 0. The molecule has 0 unspecified atom stereocenters. The summed E-state index contributed by atoms with van der Waals surface area (Å²) < 4.78 is 18.4. The van der Waals surface area contributed by atoms with E-state index >= 15 is 0 Å².